The SMILES string of the molecule is COP(=O)(CC(F)c1ccc(C(=O)Nc2cc(-c3cccs3)ccc2N)cc1)OC. The lowest BCUT2D eigenvalue weighted by molar-refractivity contribution is 0.102. The smallest absolute Gasteiger partial charge is 0.333 e. The standard InChI is InChI=1S/C21H22FN2O4PS/c1-27-29(26,28-2)13-17(22)14-5-7-15(8-6-14)21(25)24-19-12-16(9-10-18(19)23)20-4-3-11-30-20/h3-12,17H,13,23H2,1-2H3,(H,24,25). The fourth-order valence-corrected chi connectivity index (χ4v) is 4.60. The van der Waals surface area contributed by atoms with E-state index in [9.17, 15) is 13.8 Å². The van der Waals surface area contributed by atoms with Crippen molar-refractivity contribution in [2.24, 2.45) is 0 Å². The van der Waals surface area contributed by atoms with Gasteiger partial charge in [0.1, 0.15) is 6.17 Å². The lowest BCUT2D eigenvalue weighted by Crippen LogP contribution is -2.13. The molecule has 1 aromatic heterocycles. The third-order valence-electron chi connectivity index (χ3n) is 4.58. The predicted molar refractivity (Wildman–Crippen MR) is 119 cm³/mol. The van der Waals surface area contributed by atoms with Gasteiger partial charge in [-0.25, -0.2) is 4.39 Å². The topological polar surface area (TPSA) is 90.7 Å². The first kappa shape index (κ1) is 22.2. The monoisotopic (exact) mass is 448 g/mol. The van der Waals surface area contributed by atoms with Crippen molar-refractivity contribution in [1.82, 2.24) is 0 Å². The zero-order valence-corrected chi connectivity index (χ0v) is 18.2. The van der Waals surface area contributed by atoms with Crippen LogP contribution in [-0.4, -0.2) is 26.3 Å². The molecule has 1 amide bonds. The first-order valence-electron chi connectivity index (χ1n) is 9.04. The summed E-state index contributed by atoms with van der Waals surface area (Å²) in [4.78, 5) is 13.7. The van der Waals surface area contributed by atoms with Crippen molar-refractivity contribution in [3.8, 4) is 10.4 Å². The highest BCUT2D eigenvalue weighted by Gasteiger charge is 2.27. The number of nitrogen functional groups attached to an aromatic ring is 1. The van der Waals surface area contributed by atoms with E-state index in [0.717, 1.165) is 10.4 Å². The minimum atomic E-state index is -3.48. The molecule has 1 heterocycles. The zero-order chi connectivity index (χ0) is 21.7. The number of carbonyl (C=O) groups is 1. The van der Waals surface area contributed by atoms with Crippen LogP contribution in [0.1, 0.15) is 22.1 Å². The number of hydrogen-bond donors (Lipinski definition) is 2. The Hall–Kier alpha value is -2.51. The number of anilines is 2. The second kappa shape index (κ2) is 9.53. The summed E-state index contributed by atoms with van der Waals surface area (Å²) in [5.41, 5.74) is 8.52. The van der Waals surface area contributed by atoms with Gasteiger partial charge in [0.25, 0.3) is 5.91 Å². The number of alkyl halides is 1. The van der Waals surface area contributed by atoms with E-state index in [1.165, 1.54) is 38.5 Å². The van der Waals surface area contributed by atoms with Crippen LogP contribution >= 0.6 is 18.9 Å². The average molecular weight is 448 g/mol. The molecule has 2 aromatic carbocycles. The number of carbonyl (C=O) groups excluding carboxylic acids is 1. The minimum absolute atomic E-state index is 0.278. The Morgan fingerprint density at radius 2 is 1.87 bits per heavy atom. The lowest BCUT2D eigenvalue weighted by Gasteiger charge is -2.16. The van der Waals surface area contributed by atoms with E-state index in [2.05, 4.69) is 5.32 Å². The molecule has 3 N–H and O–H groups in total. The van der Waals surface area contributed by atoms with Crippen LogP contribution in [0.2, 0.25) is 0 Å². The molecule has 0 saturated carbocycles. The van der Waals surface area contributed by atoms with Crippen LogP contribution < -0.4 is 11.1 Å². The summed E-state index contributed by atoms with van der Waals surface area (Å²) in [6.45, 7) is 0. The summed E-state index contributed by atoms with van der Waals surface area (Å²) >= 11 is 1.59. The molecule has 0 aliphatic heterocycles. The van der Waals surface area contributed by atoms with Crippen LogP contribution in [0.3, 0.4) is 0 Å². The van der Waals surface area contributed by atoms with Crippen molar-refractivity contribution >= 4 is 36.2 Å². The summed E-state index contributed by atoms with van der Waals surface area (Å²) < 4.78 is 36.1. The molecule has 30 heavy (non-hydrogen) atoms. The second-order valence-corrected chi connectivity index (χ2v) is 9.75. The summed E-state index contributed by atoms with van der Waals surface area (Å²) in [6.07, 6.45) is -1.96. The van der Waals surface area contributed by atoms with Gasteiger partial charge < -0.3 is 20.1 Å². The molecule has 9 heteroatoms. The van der Waals surface area contributed by atoms with E-state index in [-0.39, 0.29) is 11.5 Å². The number of rotatable bonds is 8. The Labute approximate surface area is 178 Å². The number of thiophene rings is 1. The fourth-order valence-electron chi connectivity index (χ4n) is 2.82. The van der Waals surface area contributed by atoms with Crippen molar-refractivity contribution in [3.05, 3.63) is 71.1 Å². The van der Waals surface area contributed by atoms with Crippen molar-refractivity contribution in [2.75, 3.05) is 31.4 Å². The molecular formula is C21H22FN2O4PS. The Morgan fingerprint density at radius 3 is 2.47 bits per heavy atom. The molecule has 6 nitrogen and oxygen atoms in total. The molecule has 0 radical (unpaired) electrons. The van der Waals surface area contributed by atoms with Crippen molar-refractivity contribution in [1.29, 1.82) is 0 Å². The van der Waals surface area contributed by atoms with E-state index in [1.54, 1.807) is 17.4 Å². The number of nitrogens with one attached hydrogen (secondary N) is 1. The van der Waals surface area contributed by atoms with E-state index in [0.29, 0.717) is 16.9 Å². The van der Waals surface area contributed by atoms with Gasteiger partial charge in [-0.2, -0.15) is 0 Å². The summed E-state index contributed by atoms with van der Waals surface area (Å²) in [7, 11) is -1.05. The van der Waals surface area contributed by atoms with Crippen molar-refractivity contribution in [2.45, 2.75) is 6.17 Å². The fraction of sp³-hybridized carbons (Fsp3) is 0.190. The maximum Gasteiger partial charge on any atom is 0.333 e. The van der Waals surface area contributed by atoms with Crippen LogP contribution in [0.4, 0.5) is 15.8 Å². The van der Waals surface area contributed by atoms with Gasteiger partial charge in [-0.3, -0.25) is 9.36 Å². The zero-order valence-electron chi connectivity index (χ0n) is 16.5. The maximum atomic E-state index is 14.5. The minimum Gasteiger partial charge on any atom is -0.397 e. The number of nitrogens with two attached hydrogens (primary N) is 1. The highest BCUT2D eigenvalue weighted by Crippen LogP contribution is 2.50. The van der Waals surface area contributed by atoms with Crippen molar-refractivity contribution < 1.29 is 22.8 Å². The molecule has 158 valence electrons. The number of amides is 1. The van der Waals surface area contributed by atoms with E-state index < -0.39 is 19.9 Å². The highest BCUT2D eigenvalue weighted by atomic mass is 32.1. The molecule has 3 aromatic rings. The van der Waals surface area contributed by atoms with Gasteiger partial charge in [-0.15, -0.1) is 11.3 Å². The first-order valence-corrected chi connectivity index (χ1v) is 11.7. The van der Waals surface area contributed by atoms with E-state index in [4.69, 9.17) is 14.8 Å². The van der Waals surface area contributed by atoms with Gasteiger partial charge in [0.2, 0.25) is 0 Å². The van der Waals surface area contributed by atoms with Crippen LogP contribution in [0.25, 0.3) is 10.4 Å². The van der Waals surface area contributed by atoms with Crippen LogP contribution in [-0.2, 0) is 13.6 Å². The van der Waals surface area contributed by atoms with Gasteiger partial charge in [-0.1, -0.05) is 24.3 Å². The summed E-state index contributed by atoms with van der Waals surface area (Å²) in [5.74, 6) is -0.369. The maximum absolute atomic E-state index is 14.5. The Bertz CT molecular complexity index is 1050. The normalized spacial score (nSPS) is 12.5. The molecule has 0 spiro atoms. The first-order chi connectivity index (χ1) is 14.3. The number of benzene rings is 2. The molecule has 0 fully saturated rings. The van der Waals surface area contributed by atoms with Crippen LogP contribution in [0.15, 0.2) is 60.0 Å². The molecule has 0 bridgehead atoms. The van der Waals surface area contributed by atoms with Crippen LogP contribution in [0.5, 0.6) is 0 Å². The van der Waals surface area contributed by atoms with Gasteiger partial charge in [0.15, 0.2) is 0 Å². The largest absolute Gasteiger partial charge is 0.397 e. The predicted octanol–water partition coefficient (Wildman–Crippen LogP) is 5.75. The molecule has 1 atom stereocenters. The van der Waals surface area contributed by atoms with Gasteiger partial charge in [0.05, 0.1) is 17.5 Å². The third kappa shape index (κ3) is 5.15. The Morgan fingerprint density at radius 1 is 1.17 bits per heavy atom. The van der Waals surface area contributed by atoms with E-state index >= 15 is 0 Å². The Kier molecular flexibility index (Phi) is 7.05. The third-order valence-corrected chi connectivity index (χ3v) is 7.38. The quantitative estimate of drug-likeness (QED) is 0.338. The van der Waals surface area contributed by atoms with E-state index in [1.807, 2.05) is 29.6 Å². The summed E-state index contributed by atoms with van der Waals surface area (Å²) in [5, 5.41) is 4.77. The molecule has 0 saturated heterocycles. The average Bonchev–Trinajstić information content (AvgIpc) is 3.30. The van der Waals surface area contributed by atoms with Crippen molar-refractivity contribution in [3.63, 3.8) is 0 Å². The highest BCUT2D eigenvalue weighted by molar-refractivity contribution is 7.53. The Balaban J connectivity index is 1.72. The molecular weight excluding hydrogens is 426 g/mol. The van der Waals surface area contributed by atoms with Gasteiger partial charge in [0, 0.05) is 24.7 Å². The second-order valence-electron chi connectivity index (χ2n) is 6.48. The molecule has 0 aliphatic carbocycles. The number of hydrogen-bond acceptors (Lipinski definition) is 6. The van der Waals surface area contributed by atoms with Gasteiger partial charge >= 0.3 is 7.60 Å². The summed E-state index contributed by atoms with van der Waals surface area (Å²) in [6, 6.07) is 15.3. The lowest BCUT2D eigenvalue weighted by atomic mass is 10.1. The van der Waals surface area contributed by atoms with Crippen LogP contribution in [0, 0.1) is 0 Å². The molecule has 0 aliphatic rings. The molecule has 3 rings (SSSR count). The number of halogens is 1. The van der Waals surface area contributed by atoms with Gasteiger partial charge in [-0.05, 0) is 46.8 Å². The molecule has 1 unspecified atom stereocenters.